The zero-order valence-electron chi connectivity index (χ0n) is 13.4. The molecule has 27 heavy (non-hydrogen) atoms. The molecule has 2 aromatic carbocycles. The molecule has 1 heterocycles. The summed E-state index contributed by atoms with van der Waals surface area (Å²) in [5.41, 5.74) is 0.438. The molecule has 0 aliphatic carbocycles. The van der Waals surface area contributed by atoms with Crippen LogP contribution in [0.2, 0.25) is 15.3 Å². The Bertz CT molecular complexity index is 963. The summed E-state index contributed by atoms with van der Waals surface area (Å²) in [5.74, 6) is 0.555. The average Bonchev–Trinajstić information content (AvgIpc) is 2.60. The number of aromatic nitrogens is 2. The van der Waals surface area contributed by atoms with Crippen LogP contribution in [0.25, 0.3) is 0 Å². The molecule has 3 aromatic rings. The fourth-order valence-electron chi connectivity index (χ4n) is 2.33. The topological polar surface area (TPSA) is 35.0 Å². The minimum absolute atomic E-state index is 0.00535. The molecular weight excluding hydrogens is 424 g/mol. The highest BCUT2D eigenvalue weighted by molar-refractivity contribution is 6.32. The first kappa shape index (κ1) is 19.7. The maximum atomic E-state index is 13.0. The predicted molar refractivity (Wildman–Crippen MR) is 97.8 cm³/mol. The number of nitrogens with zero attached hydrogens (tertiary/aromatic N) is 2. The van der Waals surface area contributed by atoms with Gasteiger partial charge >= 0.3 is 6.18 Å². The molecule has 1 aromatic heterocycles. The SMILES string of the molecule is FC(F)(F)c1cc(Cc2ccc(Oc3nc(Cl)ncc3Cl)cc2)ccc1Cl. The van der Waals surface area contributed by atoms with Crippen LogP contribution in [0.5, 0.6) is 11.6 Å². The number of alkyl halides is 3. The highest BCUT2D eigenvalue weighted by atomic mass is 35.5. The summed E-state index contributed by atoms with van der Waals surface area (Å²) in [6.07, 6.45) is -2.87. The minimum atomic E-state index is -4.50. The minimum Gasteiger partial charge on any atom is -0.437 e. The molecule has 0 spiro atoms. The van der Waals surface area contributed by atoms with Crippen LogP contribution in [0, 0.1) is 0 Å². The molecule has 0 radical (unpaired) electrons. The van der Waals surface area contributed by atoms with E-state index in [-0.39, 0.29) is 21.2 Å². The molecule has 0 fully saturated rings. The number of hydrogen-bond donors (Lipinski definition) is 0. The van der Waals surface area contributed by atoms with E-state index in [0.717, 1.165) is 11.6 Å². The van der Waals surface area contributed by atoms with Crippen molar-refractivity contribution in [2.24, 2.45) is 0 Å². The quantitative estimate of drug-likeness (QED) is 0.423. The summed E-state index contributed by atoms with van der Waals surface area (Å²) in [4.78, 5) is 7.61. The van der Waals surface area contributed by atoms with E-state index in [1.807, 2.05) is 0 Å². The molecule has 0 saturated carbocycles. The van der Waals surface area contributed by atoms with Gasteiger partial charge in [-0.3, -0.25) is 0 Å². The molecule has 0 aliphatic rings. The largest absolute Gasteiger partial charge is 0.437 e. The summed E-state index contributed by atoms with van der Waals surface area (Å²) in [5, 5.41) is -0.131. The lowest BCUT2D eigenvalue weighted by molar-refractivity contribution is -0.137. The van der Waals surface area contributed by atoms with E-state index >= 15 is 0 Å². The van der Waals surface area contributed by atoms with E-state index in [9.17, 15) is 13.2 Å². The zero-order valence-corrected chi connectivity index (χ0v) is 15.7. The summed E-state index contributed by atoms with van der Waals surface area (Å²) >= 11 is 17.3. The molecule has 0 amide bonds. The monoisotopic (exact) mass is 432 g/mol. The van der Waals surface area contributed by atoms with Gasteiger partial charge in [-0.2, -0.15) is 18.2 Å². The van der Waals surface area contributed by atoms with E-state index < -0.39 is 11.7 Å². The van der Waals surface area contributed by atoms with Gasteiger partial charge < -0.3 is 4.74 Å². The first-order valence-corrected chi connectivity index (χ1v) is 8.66. The third-order valence-electron chi connectivity index (χ3n) is 3.56. The lowest BCUT2D eigenvalue weighted by Crippen LogP contribution is -2.06. The van der Waals surface area contributed by atoms with Crippen molar-refractivity contribution in [1.29, 1.82) is 0 Å². The van der Waals surface area contributed by atoms with Crippen molar-refractivity contribution in [1.82, 2.24) is 9.97 Å². The molecule has 140 valence electrons. The maximum absolute atomic E-state index is 13.0. The van der Waals surface area contributed by atoms with Gasteiger partial charge in [0.2, 0.25) is 11.2 Å². The van der Waals surface area contributed by atoms with E-state index in [0.29, 0.717) is 17.7 Å². The fraction of sp³-hybridized carbons (Fsp3) is 0.111. The third kappa shape index (κ3) is 5.03. The molecule has 0 bridgehead atoms. The van der Waals surface area contributed by atoms with Crippen molar-refractivity contribution in [2.45, 2.75) is 12.6 Å². The van der Waals surface area contributed by atoms with Crippen molar-refractivity contribution in [3.8, 4) is 11.6 Å². The molecule has 0 unspecified atom stereocenters. The Morgan fingerprint density at radius 1 is 0.889 bits per heavy atom. The van der Waals surface area contributed by atoms with Gasteiger partial charge in [-0.05, 0) is 53.4 Å². The lowest BCUT2D eigenvalue weighted by atomic mass is 10.0. The second-order valence-corrected chi connectivity index (χ2v) is 6.68. The van der Waals surface area contributed by atoms with Crippen LogP contribution in [0.3, 0.4) is 0 Å². The number of ether oxygens (including phenoxy) is 1. The van der Waals surface area contributed by atoms with Crippen LogP contribution in [0.1, 0.15) is 16.7 Å². The standard InChI is InChI=1S/C18H10Cl3F3N2O/c19-14-6-3-11(8-13(14)18(22,23)24)7-10-1-4-12(5-2-10)27-16-15(20)9-25-17(21)26-16/h1-6,8-9H,7H2. The molecule has 0 aliphatic heterocycles. The van der Waals surface area contributed by atoms with E-state index in [1.165, 1.54) is 12.3 Å². The van der Waals surface area contributed by atoms with Gasteiger partial charge in [0.15, 0.2) is 0 Å². The Labute approximate surface area is 167 Å². The number of halogens is 6. The average molecular weight is 434 g/mol. The summed E-state index contributed by atoms with van der Waals surface area (Å²) < 4.78 is 44.4. The van der Waals surface area contributed by atoms with Gasteiger partial charge in [0.05, 0.1) is 16.8 Å². The van der Waals surface area contributed by atoms with Gasteiger partial charge in [-0.15, -0.1) is 0 Å². The van der Waals surface area contributed by atoms with Crippen LogP contribution in [-0.2, 0) is 12.6 Å². The van der Waals surface area contributed by atoms with Gasteiger partial charge in [0, 0.05) is 0 Å². The van der Waals surface area contributed by atoms with Crippen LogP contribution in [0.4, 0.5) is 13.2 Å². The lowest BCUT2D eigenvalue weighted by Gasteiger charge is -2.11. The summed E-state index contributed by atoms with van der Waals surface area (Å²) in [6, 6.07) is 10.6. The Hall–Kier alpha value is -2.02. The Kier molecular flexibility index (Phi) is 5.79. The maximum Gasteiger partial charge on any atom is 0.417 e. The first-order chi connectivity index (χ1) is 12.7. The van der Waals surface area contributed by atoms with E-state index in [1.54, 1.807) is 30.3 Å². The zero-order chi connectivity index (χ0) is 19.6. The molecular formula is C18H10Cl3F3N2O. The normalized spacial score (nSPS) is 11.5. The van der Waals surface area contributed by atoms with Crippen LogP contribution in [0.15, 0.2) is 48.7 Å². The third-order valence-corrected chi connectivity index (χ3v) is 4.34. The van der Waals surface area contributed by atoms with Crippen LogP contribution < -0.4 is 4.74 Å². The van der Waals surface area contributed by atoms with Crippen LogP contribution in [-0.4, -0.2) is 9.97 Å². The Balaban J connectivity index is 1.76. The summed E-state index contributed by atoms with van der Waals surface area (Å²) in [6.45, 7) is 0. The van der Waals surface area contributed by atoms with Gasteiger partial charge in [-0.25, -0.2) is 4.98 Å². The predicted octanol–water partition coefficient (Wildman–Crippen LogP) is 6.84. The molecule has 3 rings (SSSR count). The van der Waals surface area contributed by atoms with Crippen molar-refractivity contribution < 1.29 is 17.9 Å². The van der Waals surface area contributed by atoms with Crippen LogP contribution >= 0.6 is 34.8 Å². The van der Waals surface area contributed by atoms with Gasteiger partial charge in [-0.1, -0.05) is 41.4 Å². The Morgan fingerprint density at radius 2 is 1.56 bits per heavy atom. The van der Waals surface area contributed by atoms with Crippen molar-refractivity contribution in [2.75, 3.05) is 0 Å². The highest BCUT2D eigenvalue weighted by Crippen LogP contribution is 2.35. The van der Waals surface area contributed by atoms with Gasteiger partial charge in [0.25, 0.3) is 0 Å². The molecule has 0 atom stereocenters. The first-order valence-electron chi connectivity index (χ1n) is 7.53. The second kappa shape index (κ2) is 7.92. The molecule has 3 nitrogen and oxygen atoms in total. The molecule has 0 saturated heterocycles. The smallest absolute Gasteiger partial charge is 0.417 e. The van der Waals surface area contributed by atoms with E-state index in [2.05, 4.69) is 9.97 Å². The molecule has 9 heteroatoms. The number of hydrogen-bond acceptors (Lipinski definition) is 3. The highest BCUT2D eigenvalue weighted by Gasteiger charge is 2.33. The summed E-state index contributed by atoms with van der Waals surface area (Å²) in [7, 11) is 0. The van der Waals surface area contributed by atoms with E-state index in [4.69, 9.17) is 39.5 Å². The number of rotatable bonds is 4. The van der Waals surface area contributed by atoms with Crippen molar-refractivity contribution in [3.63, 3.8) is 0 Å². The Morgan fingerprint density at radius 3 is 2.22 bits per heavy atom. The fourth-order valence-corrected chi connectivity index (χ4v) is 2.80. The van der Waals surface area contributed by atoms with Crippen molar-refractivity contribution in [3.05, 3.63) is 80.7 Å². The number of benzene rings is 2. The second-order valence-electron chi connectivity index (χ2n) is 5.53. The van der Waals surface area contributed by atoms with Gasteiger partial charge in [0.1, 0.15) is 10.8 Å². The molecule has 0 N–H and O–H groups in total. The van der Waals surface area contributed by atoms with Crippen molar-refractivity contribution >= 4 is 34.8 Å².